The van der Waals surface area contributed by atoms with Gasteiger partial charge in [0.15, 0.2) is 0 Å². The van der Waals surface area contributed by atoms with Crippen molar-refractivity contribution in [2.45, 2.75) is 19.4 Å². The second-order valence-corrected chi connectivity index (χ2v) is 5.02. The van der Waals surface area contributed by atoms with Crippen LogP contribution in [0.3, 0.4) is 0 Å². The van der Waals surface area contributed by atoms with Gasteiger partial charge in [-0.05, 0) is 38.1 Å². The Morgan fingerprint density at radius 3 is 2.68 bits per heavy atom. The molecule has 0 N–H and O–H groups in total. The molecule has 1 aromatic carbocycles. The van der Waals surface area contributed by atoms with E-state index in [1.54, 1.807) is 12.1 Å². The molecule has 0 spiro atoms. The van der Waals surface area contributed by atoms with Gasteiger partial charge in [0.25, 0.3) is 5.69 Å². The molecule has 1 aromatic heterocycles. The number of non-ortho nitro benzene ring substituents is 1. The van der Waals surface area contributed by atoms with Crippen molar-refractivity contribution in [2.24, 2.45) is 0 Å². The first-order valence-electron chi connectivity index (χ1n) is 6.70. The predicted molar refractivity (Wildman–Crippen MR) is 74.3 cm³/mol. The minimum absolute atomic E-state index is 0.192. The van der Waals surface area contributed by atoms with E-state index in [0.29, 0.717) is 0 Å². The molecule has 2 aromatic rings. The Morgan fingerprint density at radius 1 is 1.16 bits per heavy atom. The zero-order valence-corrected chi connectivity index (χ0v) is 10.8. The molecular formula is C14H17N3O2. The lowest BCUT2D eigenvalue weighted by Gasteiger charge is -2.15. The fourth-order valence-corrected chi connectivity index (χ4v) is 2.82. The highest BCUT2D eigenvalue weighted by atomic mass is 16.6. The predicted octanol–water partition coefficient (Wildman–Crippen LogP) is 2.65. The number of fused-ring (bicyclic) bond motifs is 1. The summed E-state index contributed by atoms with van der Waals surface area (Å²) in [6.45, 7) is 4.27. The van der Waals surface area contributed by atoms with Crippen LogP contribution in [0, 0.1) is 10.1 Å². The minimum Gasteiger partial charge on any atom is -0.346 e. The van der Waals surface area contributed by atoms with Crippen LogP contribution in [0.5, 0.6) is 0 Å². The molecule has 0 radical (unpaired) electrons. The molecule has 0 amide bonds. The standard InChI is InChI=1S/C14H17N3O2/c18-17(19)14-5-3-4-13-12(14)6-9-16(13)11-10-15-7-1-2-8-15/h3-6,9H,1-2,7-8,10-11H2. The smallest absolute Gasteiger partial charge is 0.278 e. The van der Waals surface area contributed by atoms with Gasteiger partial charge in [0.05, 0.1) is 15.8 Å². The largest absolute Gasteiger partial charge is 0.346 e. The zero-order chi connectivity index (χ0) is 13.2. The second kappa shape index (κ2) is 5.01. The Labute approximate surface area is 111 Å². The van der Waals surface area contributed by atoms with Gasteiger partial charge in [-0.15, -0.1) is 0 Å². The van der Waals surface area contributed by atoms with Crippen LogP contribution in [-0.2, 0) is 6.54 Å². The summed E-state index contributed by atoms with van der Waals surface area (Å²) in [7, 11) is 0. The SMILES string of the molecule is O=[N+]([O-])c1cccc2c1ccn2CCN1CCCC1. The molecule has 5 heteroatoms. The average molecular weight is 259 g/mol. The van der Waals surface area contributed by atoms with E-state index in [1.165, 1.54) is 25.9 Å². The van der Waals surface area contributed by atoms with Crippen LogP contribution in [0.15, 0.2) is 30.5 Å². The first-order chi connectivity index (χ1) is 9.25. The third kappa shape index (κ3) is 2.33. The van der Waals surface area contributed by atoms with Crippen molar-refractivity contribution in [3.63, 3.8) is 0 Å². The van der Waals surface area contributed by atoms with Crippen molar-refractivity contribution in [3.8, 4) is 0 Å². The summed E-state index contributed by atoms with van der Waals surface area (Å²) >= 11 is 0. The monoisotopic (exact) mass is 259 g/mol. The van der Waals surface area contributed by atoms with E-state index in [-0.39, 0.29) is 10.6 Å². The number of rotatable bonds is 4. The van der Waals surface area contributed by atoms with Crippen molar-refractivity contribution in [3.05, 3.63) is 40.6 Å². The van der Waals surface area contributed by atoms with E-state index >= 15 is 0 Å². The molecule has 0 aliphatic carbocycles. The van der Waals surface area contributed by atoms with E-state index in [2.05, 4.69) is 9.47 Å². The molecule has 100 valence electrons. The van der Waals surface area contributed by atoms with Gasteiger partial charge < -0.3 is 9.47 Å². The summed E-state index contributed by atoms with van der Waals surface area (Å²) in [5.41, 5.74) is 1.14. The van der Waals surface area contributed by atoms with Crippen LogP contribution in [0.4, 0.5) is 5.69 Å². The molecule has 2 heterocycles. The Morgan fingerprint density at radius 2 is 1.95 bits per heavy atom. The molecule has 0 saturated carbocycles. The maximum atomic E-state index is 11.0. The van der Waals surface area contributed by atoms with Crippen molar-refractivity contribution >= 4 is 16.6 Å². The normalized spacial score (nSPS) is 16.2. The van der Waals surface area contributed by atoms with Gasteiger partial charge in [0.1, 0.15) is 0 Å². The maximum Gasteiger partial charge on any atom is 0.278 e. The van der Waals surface area contributed by atoms with E-state index in [1.807, 2.05) is 18.3 Å². The van der Waals surface area contributed by atoms with Gasteiger partial charge in [-0.25, -0.2) is 0 Å². The van der Waals surface area contributed by atoms with Crippen molar-refractivity contribution in [1.29, 1.82) is 0 Å². The maximum absolute atomic E-state index is 11.0. The molecule has 1 aliphatic rings. The van der Waals surface area contributed by atoms with E-state index in [0.717, 1.165) is 24.0 Å². The first kappa shape index (κ1) is 12.2. The number of hydrogen-bond acceptors (Lipinski definition) is 3. The van der Waals surface area contributed by atoms with E-state index in [9.17, 15) is 10.1 Å². The van der Waals surface area contributed by atoms with Crippen LogP contribution in [0.25, 0.3) is 10.9 Å². The number of aromatic nitrogens is 1. The topological polar surface area (TPSA) is 51.3 Å². The summed E-state index contributed by atoms with van der Waals surface area (Å²) in [5.74, 6) is 0. The Hall–Kier alpha value is -1.88. The third-order valence-electron chi connectivity index (χ3n) is 3.84. The van der Waals surface area contributed by atoms with Gasteiger partial charge in [0.2, 0.25) is 0 Å². The summed E-state index contributed by atoms with van der Waals surface area (Å²) < 4.78 is 2.11. The van der Waals surface area contributed by atoms with Gasteiger partial charge in [-0.2, -0.15) is 0 Å². The summed E-state index contributed by atoms with van der Waals surface area (Å²) in [5, 5.41) is 11.7. The summed E-state index contributed by atoms with van der Waals surface area (Å²) in [6.07, 6.45) is 4.53. The summed E-state index contributed by atoms with van der Waals surface area (Å²) in [6, 6.07) is 7.11. The van der Waals surface area contributed by atoms with Crippen LogP contribution in [0.2, 0.25) is 0 Å². The number of nitro benzene ring substituents is 1. The number of benzene rings is 1. The molecule has 0 unspecified atom stereocenters. The van der Waals surface area contributed by atoms with Gasteiger partial charge in [-0.3, -0.25) is 10.1 Å². The van der Waals surface area contributed by atoms with Crippen LogP contribution < -0.4 is 0 Å². The first-order valence-corrected chi connectivity index (χ1v) is 6.70. The number of likely N-dealkylation sites (tertiary alicyclic amines) is 1. The van der Waals surface area contributed by atoms with Crippen molar-refractivity contribution in [1.82, 2.24) is 9.47 Å². The van der Waals surface area contributed by atoms with E-state index < -0.39 is 0 Å². The van der Waals surface area contributed by atoms with Crippen LogP contribution in [-0.4, -0.2) is 34.0 Å². The molecule has 19 heavy (non-hydrogen) atoms. The lowest BCUT2D eigenvalue weighted by atomic mass is 10.2. The molecular weight excluding hydrogens is 242 g/mol. The number of hydrogen-bond donors (Lipinski definition) is 0. The number of nitrogens with zero attached hydrogens (tertiary/aromatic N) is 3. The molecule has 5 nitrogen and oxygen atoms in total. The Kier molecular flexibility index (Phi) is 3.21. The van der Waals surface area contributed by atoms with Gasteiger partial charge >= 0.3 is 0 Å². The van der Waals surface area contributed by atoms with Crippen LogP contribution in [0.1, 0.15) is 12.8 Å². The Bertz CT molecular complexity index is 600. The average Bonchev–Trinajstić information content (AvgIpc) is 3.05. The molecule has 0 atom stereocenters. The lowest BCUT2D eigenvalue weighted by molar-refractivity contribution is -0.383. The fraction of sp³-hybridized carbons (Fsp3) is 0.429. The minimum atomic E-state index is -0.312. The van der Waals surface area contributed by atoms with Crippen molar-refractivity contribution in [2.75, 3.05) is 19.6 Å². The third-order valence-corrected chi connectivity index (χ3v) is 3.84. The highest BCUT2D eigenvalue weighted by molar-refractivity contribution is 5.89. The van der Waals surface area contributed by atoms with E-state index in [4.69, 9.17) is 0 Å². The molecule has 1 fully saturated rings. The summed E-state index contributed by atoms with van der Waals surface area (Å²) in [4.78, 5) is 13.1. The number of nitro groups is 1. The van der Waals surface area contributed by atoms with Gasteiger partial charge in [0, 0.05) is 25.4 Å². The molecule has 1 saturated heterocycles. The quantitative estimate of drug-likeness (QED) is 0.626. The molecule has 3 rings (SSSR count). The fourth-order valence-electron chi connectivity index (χ4n) is 2.82. The van der Waals surface area contributed by atoms with Crippen molar-refractivity contribution < 1.29 is 4.92 Å². The zero-order valence-electron chi connectivity index (χ0n) is 10.8. The second-order valence-electron chi connectivity index (χ2n) is 5.02. The highest BCUT2D eigenvalue weighted by Crippen LogP contribution is 2.26. The molecule has 0 bridgehead atoms. The Balaban J connectivity index is 1.84. The molecule has 1 aliphatic heterocycles. The van der Waals surface area contributed by atoms with Crippen LogP contribution >= 0.6 is 0 Å². The lowest BCUT2D eigenvalue weighted by Crippen LogP contribution is -2.23. The highest BCUT2D eigenvalue weighted by Gasteiger charge is 2.15. The van der Waals surface area contributed by atoms with Gasteiger partial charge in [-0.1, -0.05) is 6.07 Å².